The molecule has 4 rings (SSSR count). The Morgan fingerprint density at radius 3 is 2.53 bits per heavy atom. The lowest BCUT2D eigenvalue weighted by atomic mass is 9.91. The molecule has 2 aromatic heterocycles. The third-order valence-corrected chi connectivity index (χ3v) is 5.56. The molecule has 2 amide bonds. The Balaban J connectivity index is 1.61. The summed E-state index contributed by atoms with van der Waals surface area (Å²) in [5.74, 6) is -0.764. The molecule has 9 heteroatoms. The van der Waals surface area contributed by atoms with E-state index < -0.39 is 5.60 Å². The Hall–Kier alpha value is -3.75. The number of ether oxygens (including phenoxy) is 1. The van der Waals surface area contributed by atoms with Crippen molar-refractivity contribution in [1.29, 1.82) is 0 Å². The molecular weight excluding hydrogens is 437 g/mol. The summed E-state index contributed by atoms with van der Waals surface area (Å²) < 4.78 is 21.1. The lowest BCUT2D eigenvalue weighted by molar-refractivity contribution is 0.0203. The van der Waals surface area contributed by atoms with E-state index in [1.165, 1.54) is 18.3 Å². The normalized spacial score (nSPS) is 14.6. The zero-order valence-electron chi connectivity index (χ0n) is 19.5. The van der Waals surface area contributed by atoms with E-state index in [2.05, 4.69) is 15.4 Å². The minimum absolute atomic E-state index is 0.0564. The molecule has 178 valence electrons. The molecule has 3 aromatic rings. The van der Waals surface area contributed by atoms with E-state index >= 15 is 0 Å². The van der Waals surface area contributed by atoms with Gasteiger partial charge in [0.05, 0.1) is 35.0 Å². The molecule has 0 unspecified atom stereocenters. The summed E-state index contributed by atoms with van der Waals surface area (Å²) in [4.78, 5) is 31.4. The molecule has 0 radical (unpaired) electrons. The van der Waals surface area contributed by atoms with Crippen LogP contribution in [0.1, 0.15) is 55.6 Å². The van der Waals surface area contributed by atoms with Crippen LogP contribution >= 0.6 is 0 Å². The van der Waals surface area contributed by atoms with Gasteiger partial charge in [-0.15, -0.1) is 0 Å². The average Bonchev–Trinajstić information content (AvgIpc) is 3.24. The number of anilines is 1. The van der Waals surface area contributed by atoms with Crippen molar-refractivity contribution in [2.24, 2.45) is 0 Å². The Bertz CT molecular complexity index is 1160. The van der Waals surface area contributed by atoms with Crippen LogP contribution in [0.15, 0.2) is 55.0 Å². The fourth-order valence-electron chi connectivity index (χ4n) is 4.04. The van der Waals surface area contributed by atoms with Crippen LogP contribution in [-0.4, -0.2) is 50.4 Å². The average molecular weight is 466 g/mol. The number of aromatic nitrogens is 3. The Kier molecular flexibility index (Phi) is 6.63. The highest BCUT2D eigenvalue weighted by Crippen LogP contribution is 2.33. The number of piperidine rings is 1. The number of likely N-dealkylation sites (tertiary alicyclic amines) is 1. The molecule has 0 bridgehead atoms. The molecule has 1 aliphatic heterocycles. The minimum atomic E-state index is -0.568. The maximum absolute atomic E-state index is 14.0. The largest absolute Gasteiger partial charge is 0.444 e. The lowest BCUT2D eigenvalue weighted by Gasteiger charge is -2.34. The van der Waals surface area contributed by atoms with Crippen LogP contribution in [0.2, 0.25) is 0 Å². The first kappa shape index (κ1) is 23.4. The van der Waals surface area contributed by atoms with Crippen molar-refractivity contribution in [1.82, 2.24) is 19.7 Å². The number of halogens is 1. The topological polar surface area (TPSA) is 89.3 Å². The van der Waals surface area contributed by atoms with Gasteiger partial charge in [-0.25, -0.2) is 13.9 Å². The second kappa shape index (κ2) is 9.62. The molecule has 1 saturated heterocycles. The van der Waals surface area contributed by atoms with Gasteiger partial charge in [0, 0.05) is 25.2 Å². The first-order valence-corrected chi connectivity index (χ1v) is 11.2. The van der Waals surface area contributed by atoms with Crippen molar-refractivity contribution in [2.45, 2.75) is 45.1 Å². The van der Waals surface area contributed by atoms with Crippen LogP contribution in [0, 0.1) is 5.82 Å². The highest BCUT2D eigenvalue weighted by molar-refractivity contribution is 6.05. The predicted octanol–water partition coefficient (Wildman–Crippen LogP) is 4.77. The third kappa shape index (κ3) is 5.41. The SMILES string of the molecule is CC(C)(C)OC(=O)N1CCC(c2c(C(=O)Nc3cccnc3)cnn2-c2cccc(F)c2)CC1. The molecule has 1 aliphatic rings. The van der Waals surface area contributed by atoms with E-state index in [0.717, 1.165) is 0 Å². The summed E-state index contributed by atoms with van der Waals surface area (Å²) >= 11 is 0. The first-order valence-electron chi connectivity index (χ1n) is 11.2. The molecular formula is C25H28FN5O3. The molecule has 1 fully saturated rings. The van der Waals surface area contributed by atoms with Gasteiger partial charge in [-0.1, -0.05) is 6.07 Å². The van der Waals surface area contributed by atoms with E-state index in [4.69, 9.17) is 4.74 Å². The number of hydrogen-bond donors (Lipinski definition) is 1. The number of nitrogens with one attached hydrogen (secondary N) is 1. The molecule has 1 aromatic carbocycles. The molecule has 0 atom stereocenters. The molecule has 1 N–H and O–H groups in total. The summed E-state index contributed by atoms with van der Waals surface area (Å²) in [5, 5.41) is 7.29. The number of rotatable bonds is 4. The first-order chi connectivity index (χ1) is 16.2. The monoisotopic (exact) mass is 465 g/mol. The highest BCUT2D eigenvalue weighted by Gasteiger charge is 2.32. The van der Waals surface area contributed by atoms with Crippen molar-refractivity contribution in [3.63, 3.8) is 0 Å². The van der Waals surface area contributed by atoms with E-state index in [-0.39, 0.29) is 23.7 Å². The number of nitrogens with zero attached hydrogens (tertiary/aromatic N) is 4. The van der Waals surface area contributed by atoms with Gasteiger partial charge in [0.1, 0.15) is 11.4 Å². The van der Waals surface area contributed by atoms with Crippen molar-refractivity contribution < 1.29 is 18.7 Å². The van der Waals surface area contributed by atoms with Crippen LogP contribution < -0.4 is 5.32 Å². The number of carbonyl (C=O) groups is 2. The standard InChI is InChI=1S/C25H28FN5O3/c1-25(2,3)34-24(33)30-12-9-17(10-13-30)22-21(23(32)29-19-7-5-11-27-15-19)16-28-31(22)20-8-4-6-18(26)14-20/h4-8,11,14-17H,9-10,12-13H2,1-3H3,(H,29,32). The highest BCUT2D eigenvalue weighted by atomic mass is 19.1. The van der Waals surface area contributed by atoms with E-state index in [1.807, 2.05) is 20.8 Å². The molecule has 0 spiro atoms. The third-order valence-electron chi connectivity index (χ3n) is 5.56. The Morgan fingerprint density at radius 1 is 1.12 bits per heavy atom. The Morgan fingerprint density at radius 2 is 1.88 bits per heavy atom. The van der Waals surface area contributed by atoms with Crippen LogP contribution in [0.3, 0.4) is 0 Å². The maximum atomic E-state index is 14.0. The molecule has 0 saturated carbocycles. The summed E-state index contributed by atoms with van der Waals surface area (Å²) in [7, 11) is 0. The fourth-order valence-corrected chi connectivity index (χ4v) is 4.04. The zero-order valence-corrected chi connectivity index (χ0v) is 19.5. The summed E-state index contributed by atoms with van der Waals surface area (Å²) in [6, 6.07) is 9.59. The quantitative estimate of drug-likeness (QED) is 0.599. The van der Waals surface area contributed by atoms with Gasteiger partial charge in [0.2, 0.25) is 0 Å². The van der Waals surface area contributed by atoms with Gasteiger partial charge in [0.15, 0.2) is 0 Å². The van der Waals surface area contributed by atoms with Crippen molar-refractivity contribution in [3.05, 3.63) is 72.1 Å². The van der Waals surface area contributed by atoms with Crippen LogP contribution in [0.4, 0.5) is 14.9 Å². The van der Waals surface area contributed by atoms with Crippen LogP contribution in [0.5, 0.6) is 0 Å². The number of amides is 2. The van der Waals surface area contributed by atoms with E-state index in [1.54, 1.807) is 46.2 Å². The number of hydrogen-bond acceptors (Lipinski definition) is 5. The Labute approximate surface area is 197 Å². The van der Waals surface area contributed by atoms with Gasteiger partial charge in [-0.3, -0.25) is 9.78 Å². The smallest absolute Gasteiger partial charge is 0.410 e. The summed E-state index contributed by atoms with van der Waals surface area (Å²) in [6.07, 6.45) is 5.58. The van der Waals surface area contributed by atoms with Gasteiger partial charge < -0.3 is 15.0 Å². The maximum Gasteiger partial charge on any atom is 0.410 e. The second-order valence-corrected chi connectivity index (χ2v) is 9.27. The molecule has 8 nitrogen and oxygen atoms in total. The number of carbonyl (C=O) groups excluding carboxylic acids is 2. The summed E-state index contributed by atoms with van der Waals surface area (Å²) in [6.45, 7) is 6.47. The molecule has 34 heavy (non-hydrogen) atoms. The lowest BCUT2D eigenvalue weighted by Crippen LogP contribution is -2.41. The van der Waals surface area contributed by atoms with Gasteiger partial charge >= 0.3 is 6.09 Å². The van der Waals surface area contributed by atoms with Crippen LogP contribution in [0.25, 0.3) is 5.69 Å². The summed E-state index contributed by atoms with van der Waals surface area (Å²) in [5.41, 5.74) is 1.63. The van der Waals surface area contributed by atoms with E-state index in [0.29, 0.717) is 48.6 Å². The van der Waals surface area contributed by atoms with Crippen molar-refractivity contribution in [3.8, 4) is 5.69 Å². The van der Waals surface area contributed by atoms with Gasteiger partial charge in [0.25, 0.3) is 5.91 Å². The number of pyridine rings is 1. The molecule has 0 aliphatic carbocycles. The zero-order chi connectivity index (χ0) is 24.3. The van der Waals surface area contributed by atoms with Crippen molar-refractivity contribution >= 4 is 17.7 Å². The van der Waals surface area contributed by atoms with Crippen molar-refractivity contribution in [2.75, 3.05) is 18.4 Å². The number of benzene rings is 1. The predicted molar refractivity (Wildman–Crippen MR) is 125 cm³/mol. The van der Waals surface area contributed by atoms with E-state index in [9.17, 15) is 14.0 Å². The minimum Gasteiger partial charge on any atom is -0.444 e. The van der Waals surface area contributed by atoms with Crippen LogP contribution in [-0.2, 0) is 4.74 Å². The van der Waals surface area contributed by atoms with Gasteiger partial charge in [-0.05, 0) is 63.9 Å². The molecule has 3 heterocycles. The second-order valence-electron chi connectivity index (χ2n) is 9.27. The van der Waals surface area contributed by atoms with Gasteiger partial charge in [-0.2, -0.15) is 5.10 Å². The fraction of sp³-hybridized carbons (Fsp3) is 0.360.